The lowest BCUT2D eigenvalue weighted by molar-refractivity contribution is -0.148. The standard InChI is InChI=1S/C29H31ClF3N5O4S/c1-2-42-28(41)21-19(35-25(26-34-9-11-43-26)36-23(21)17-4-3-5-18(31)22(17)30)13-38-14-29(32,33)24-20(38)8-10-37(24)12-15-6-7-16(15)27(39)40/h3-5,9,11,15-16,20,23-24H,2,6-8,10,12-14H2,1H3,(H,35,36)(H,39,40). The summed E-state index contributed by atoms with van der Waals surface area (Å²) >= 11 is 7.67. The molecular weight excluding hydrogens is 607 g/mol. The van der Waals surface area contributed by atoms with Gasteiger partial charge in [0.2, 0.25) is 0 Å². The van der Waals surface area contributed by atoms with Gasteiger partial charge in [-0.3, -0.25) is 19.6 Å². The number of aromatic nitrogens is 1. The van der Waals surface area contributed by atoms with Gasteiger partial charge in [-0.2, -0.15) is 0 Å². The van der Waals surface area contributed by atoms with E-state index < -0.39 is 54.3 Å². The second-order valence-electron chi connectivity index (χ2n) is 11.3. The van der Waals surface area contributed by atoms with Crippen LogP contribution in [0, 0.1) is 17.7 Å². The van der Waals surface area contributed by atoms with Crippen LogP contribution < -0.4 is 5.32 Å². The number of carboxylic acids is 1. The molecule has 43 heavy (non-hydrogen) atoms. The molecule has 2 aromatic rings. The maximum absolute atomic E-state index is 15.7. The highest BCUT2D eigenvalue weighted by Crippen LogP contribution is 2.45. The molecule has 4 heterocycles. The number of thiazole rings is 1. The number of halogens is 4. The summed E-state index contributed by atoms with van der Waals surface area (Å²) < 4.78 is 51.3. The van der Waals surface area contributed by atoms with E-state index in [4.69, 9.17) is 21.3 Å². The van der Waals surface area contributed by atoms with Crippen molar-refractivity contribution >= 4 is 40.7 Å². The molecule has 1 aromatic heterocycles. The highest BCUT2D eigenvalue weighted by molar-refractivity contribution is 7.11. The van der Waals surface area contributed by atoms with Crippen LogP contribution in [0.5, 0.6) is 0 Å². The van der Waals surface area contributed by atoms with Crippen LogP contribution in [0.4, 0.5) is 13.2 Å². The van der Waals surface area contributed by atoms with Gasteiger partial charge in [0.15, 0.2) is 10.8 Å². The van der Waals surface area contributed by atoms with Crippen molar-refractivity contribution in [3.63, 3.8) is 0 Å². The minimum atomic E-state index is -3.06. The molecule has 5 atom stereocenters. The molecule has 2 saturated heterocycles. The summed E-state index contributed by atoms with van der Waals surface area (Å²) in [5.41, 5.74) is 0.613. The fourth-order valence-electron chi connectivity index (χ4n) is 6.82. The van der Waals surface area contributed by atoms with E-state index in [-0.39, 0.29) is 35.2 Å². The SMILES string of the molecule is CCOC(=O)C1=C(CN2CC(F)(F)C3C2CCN3CC2CCC2C(=O)O)NC(c2nccs2)=NC1c1cccc(F)c1Cl. The maximum Gasteiger partial charge on any atom is 0.338 e. The van der Waals surface area contributed by atoms with Crippen LogP contribution in [0.15, 0.2) is 46.0 Å². The van der Waals surface area contributed by atoms with E-state index in [1.807, 2.05) is 0 Å². The van der Waals surface area contributed by atoms with Crippen LogP contribution in [0.1, 0.15) is 42.8 Å². The number of fused-ring (bicyclic) bond motifs is 1. The number of aliphatic carboxylic acids is 1. The van der Waals surface area contributed by atoms with Crippen molar-refractivity contribution in [1.29, 1.82) is 0 Å². The highest BCUT2D eigenvalue weighted by atomic mass is 35.5. The Balaban J connectivity index is 1.35. The summed E-state index contributed by atoms with van der Waals surface area (Å²) in [6.45, 7) is 1.86. The number of carbonyl (C=O) groups is 2. The summed E-state index contributed by atoms with van der Waals surface area (Å²) in [4.78, 5) is 37.4. The van der Waals surface area contributed by atoms with E-state index in [1.54, 1.807) is 34.4 Å². The lowest BCUT2D eigenvalue weighted by atomic mass is 9.73. The average Bonchev–Trinajstić information content (AvgIpc) is 3.67. The molecule has 6 rings (SSSR count). The molecule has 14 heteroatoms. The molecule has 0 radical (unpaired) electrons. The summed E-state index contributed by atoms with van der Waals surface area (Å²) in [6, 6.07) is 1.58. The Labute approximate surface area is 255 Å². The maximum atomic E-state index is 15.7. The van der Waals surface area contributed by atoms with Gasteiger partial charge in [-0.1, -0.05) is 23.7 Å². The van der Waals surface area contributed by atoms with E-state index in [0.29, 0.717) is 48.9 Å². The molecule has 9 nitrogen and oxygen atoms in total. The fourth-order valence-corrected chi connectivity index (χ4v) is 7.64. The van der Waals surface area contributed by atoms with E-state index in [2.05, 4.69) is 10.3 Å². The number of amidine groups is 1. The highest BCUT2D eigenvalue weighted by Gasteiger charge is 2.60. The molecule has 1 saturated carbocycles. The number of ether oxygens (including phenoxy) is 1. The van der Waals surface area contributed by atoms with Crippen LogP contribution in [-0.2, 0) is 14.3 Å². The molecule has 0 amide bonds. The van der Waals surface area contributed by atoms with Gasteiger partial charge >= 0.3 is 11.9 Å². The van der Waals surface area contributed by atoms with Gasteiger partial charge in [-0.05, 0) is 38.2 Å². The minimum absolute atomic E-state index is 0.0479. The second-order valence-corrected chi connectivity index (χ2v) is 12.6. The molecule has 0 bridgehead atoms. The summed E-state index contributed by atoms with van der Waals surface area (Å²) in [5.74, 6) is -5.66. The van der Waals surface area contributed by atoms with E-state index in [0.717, 1.165) is 0 Å². The van der Waals surface area contributed by atoms with E-state index in [1.165, 1.54) is 23.5 Å². The third-order valence-corrected chi connectivity index (χ3v) is 10.1. The molecule has 2 N–H and O–H groups in total. The van der Waals surface area contributed by atoms with Gasteiger partial charge < -0.3 is 15.2 Å². The van der Waals surface area contributed by atoms with E-state index >= 15 is 8.78 Å². The molecule has 3 aliphatic heterocycles. The number of aliphatic imine (C=N–C) groups is 1. The van der Waals surface area contributed by atoms with Crippen molar-refractivity contribution in [2.24, 2.45) is 16.8 Å². The number of carboxylic acid groups (broad SMARTS) is 1. The van der Waals surface area contributed by atoms with Crippen molar-refractivity contribution in [2.45, 2.75) is 50.2 Å². The molecule has 230 valence electrons. The number of hydrogen-bond donors (Lipinski definition) is 2. The monoisotopic (exact) mass is 637 g/mol. The fraction of sp³-hybridized carbons (Fsp3) is 0.517. The minimum Gasteiger partial charge on any atom is -0.481 e. The largest absolute Gasteiger partial charge is 0.481 e. The number of benzene rings is 1. The normalized spacial score (nSPS) is 28.7. The van der Waals surface area contributed by atoms with Crippen LogP contribution in [0.3, 0.4) is 0 Å². The summed E-state index contributed by atoms with van der Waals surface area (Å²) in [5, 5.41) is 14.7. The predicted octanol–water partition coefficient (Wildman–Crippen LogP) is 4.35. The van der Waals surface area contributed by atoms with Gasteiger partial charge in [-0.25, -0.2) is 22.9 Å². The number of alkyl halides is 2. The number of rotatable bonds is 9. The number of nitrogens with zero attached hydrogens (tertiary/aromatic N) is 4. The number of carbonyl (C=O) groups excluding carboxylic acids is 1. The number of likely N-dealkylation sites (tertiary alicyclic amines) is 2. The Morgan fingerprint density at radius 3 is 2.74 bits per heavy atom. The Morgan fingerprint density at radius 2 is 2.07 bits per heavy atom. The zero-order valence-electron chi connectivity index (χ0n) is 23.3. The molecule has 1 aliphatic carbocycles. The molecule has 3 fully saturated rings. The third kappa shape index (κ3) is 5.56. The lowest BCUT2D eigenvalue weighted by Crippen LogP contribution is -2.49. The molecule has 1 aromatic carbocycles. The first kappa shape index (κ1) is 30.0. The molecule has 5 unspecified atom stereocenters. The lowest BCUT2D eigenvalue weighted by Gasteiger charge is -2.38. The topological polar surface area (TPSA) is 107 Å². The van der Waals surface area contributed by atoms with Crippen LogP contribution >= 0.6 is 22.9 Å². The summed E-state index contributed by atoms with van der Waals surface area (Å²) in [7, 11) is 0. The van der Waals surface area contributed by atoms with Gasteiger partial charge in [-0.15, -0.1) is 11.3 Å². The van der Waals surface area contributed by atoms with Crippen LogP contribution in [0.25, 0.3) is 0 Å². The summed E-state index contributed by atoms with van der Waals surface area (Å²) in [6.07, 6.45) is 3.34. The zero-order valence-corrected chi connectivity index (χ0v) is 24.9. The number of esters is 1. The molecular formula is C29H31ClF3N5O4S. The smallest absolute Gasteiger partial charge is 0.338 e. The number of nitrogens with one attached hydrogen (secondary N) is 1. The average molecular weight is 638 g/mol. The second kappa shape index (κ2) is 11.8. The number of hydrogen-bond acceptors (Lipinski definition) is 9. The Hall–Kier alpha value is -3.00. The van der Waals surface area contributed by atoms with Gasteiger partial charge in [0, 0.05) is 48.5 Å². The third-order valence-electron chi connectivity index (χ3n) is 8.88. The Morgan fingerprint density at radius 1 is 1.26 bits per heavy atom. The zero-order chi connectivity index (χ0) is 30.5. The van der Waals surface area contributed by atoms with Crippen LogP contribution in [0.2, 0.25) is 5.02 Å². The molecule has 0 spiro atoms. The van der Waals surface area contributed by atoms with Crippen molar-refractivity contribution in [3.8, 4) is 0 Å². The predicted molar refractivity (Wildman–Crippen MR) is 154 cm³/mol. The first-order valence-corrected chi connectivity index (χ1v) is 15.5. The van der Waals surface area contributed by atoms with E-state index in [9.17, 15) is 19.1 Å². The Bertz CT molecular complexity index is 1470. The van der Waals surface area contributed by atoms with Crippen LogP contribution in [-0.4, -0.2) is 88.5 Å². The Kier molecular flexibility index (Phi) is 8.26. The quantitative estimate of drug-likeness (QED) is 0.391. The van der Waals surface area contributed by atoms with Crippen molar-refractivity contribution in [1.82, 2.24) is 20.1 Å². The van der Waals surface area contributed by atoms with Gasteiger partial charge in [0.05, 0.1) is 35.7 Å². The van der Waals surface area contributed by atoms with Crippen molar-refractivity contribution in [2.75, 3.05) is 32.8 Å². The van der Waals surface area contributed by atoms with Crippen molar-refractivity contribution in [3.05, 3.63) is 62.5 Å². The van der Waals surface area contributed by atoms with Gasteiger partial charge in [0.1, 0.15) is 11.9 Å². The molecule has 4 aliphatic rings. The van der Waals surface area contributed by atoms with Crippen molar-refractivity contribution < 1.29 is 32.6 Å². The first-order valence-electron chi connectivity index (χ1n) is 14.3. The first-order chi connectivity index (χ1) is 20.6. The van der Waals surface area contributed by atoms with Gasteiger partial charge in [0.25, 0.3) is 5.92 Å².